The molecule has 1 N–H and O–H groups in total. The van der Waals surface area contributed by atoms with Crippen molar-refractivity contribution in [2.24, 2.45) is 0 Å². The van der Waals surface area contributed by atoms with Crippen LogP contribution in [0.25, 0.3) is 0 Å². The highest BCUT2D eigenvalue weighted by Crippen LogP contribution is 2.28. The van der Waals surface area contributed by atoms with Gasteiger partial charge in [-0.25, -0.2) is 0 Å². The summed E-state index contributed by atoms with van der Waals surface area (Å²) in [5, 5.41) is 24.7. The molecule has 0 radical (unpaired) electrons. The Morgan fingerprint density at radius 3 is 2.18 bits per heavy atom. The van der Waals surface area contributed by atoms with Crippen LogP contribution in [0.1, 0.15) is 22.0 Å². The molecule has 2 aromatic carbocycles. The SMILES string of the molecule is COc1ccccc1C(CNC(=O)c1cc([N+](=O)[O-])cc([N+](=O)[O-])c1)N(C)C. The fourth-order valence-corrected chi connectivity index (χ4v) is 2.74. The topological polar surface area (TPSA) is 128 Å². The Morgan fingerprint density at radius 2 is 1.68 bits per heavy atom. The molecule has 2 rings (SSSR count). The lowest BCUT2D eigenvalue weighted by Crippen LogP contribution is -2.34. The molecule has 0 heterocycles. The first-order chi connectivity index (χ1) is 13.2. The van der Waals surface area contributed by atoms with Gasteiger partial charge in [-0.1, -0.05) is 18.2 Å². The minimum absolute atomic E-state index is 0.154. The van der Waals surface area contributed by atoms with Crippen molar-refractivity contribution < 1.29 is 19.4 Å². The highest BCUT2D eigenvalue weighted by molar-refractivity contribution is 5.95. The van der Waals surface area contributed by atoms with E-state index in [0.29, 0.717) is 5.75 Å². The van der Waals surface area contributed by atoms with Crippen LogP contribution in [0.2, 0.25) is 0 Å². The van der Waals surface area contributed by atoms with Crippen molar-refractivity contribution in [2.75, 3.05) is 27.7 Å². The highest BCUT2D eigenvalue weighted by Gasteiger charge is 2.22. The van der Waals surface area contributed by atoms with Crippen LogP contribution in [0.15, 0.2) is 42.5 Å². The van der Waals surface area contributed by atoms with Crippen molar-refractivity contribution in [1.82, 2.24) is 10.2 Å². The molecule has 0 aliphatic carbocycles. The van der Waals surface area contributed by atoms with E-state index in [4.69, 9.17) is 4.74 Å². The van der Waals surface area contributed by atoms with Gasteiger partial charge >= 0.3 is 0 Å². The summed E-state index contributed by atoms with van der Waals surface area (Å²) in [7, 11) is 5.22. The van der Waals surface area contributed by atoms with Crippen LogP contribution in [0.4, 0.5) is 11.4 Å². The van der Waals surface area contributed by atoms with Gasteiger partial charge in [-0.2, -0.15) is 0 Å². The highest BCUT2D eigenvalue weighted by atomic mass is 16.6. The summed E-state index contributed by atoms with van der Waals surface area (Å²) in [6, 6.07) is 9.94. The molecule has 1 amide bonds. The van der Waals surface area contributed by atoms with Crippen molar-refractivity contribution in [1.29, 1.82) is 0 Å². The van der Waals surface area contributed by atoms with Gasteiger partial charge in [0.05, 0.1) is 34.6 Å². The molecule has 10 nitrogen and oxygen atoms in total. The van der Waals surface area contributed by atoms with Gasteiger partial charge in [-0.15, -0.1) is 0 Å². The van der Waals surface area contributed by atoms with Crippen LogP contribution in [0.5, 0.6) is 5.75 Å². The molecular formula is C18H20N4O6. The molecule has 28 heavy (non-hydrogen) atoms. The summed E-state index contributed by atoms with van der Waals surface area (Å²) >= 11 is 0. The Hall–Kier alpha value is -3.53. The predicted molar refractivity (Wildman–Crippen MR) is 102 cm³/mol. The van der Waals surface area contributed by atoms with E-state index in [0.717, 1.165) is 23.8 Å². The molecule has 0 bridgehead atoms. The van der Waals surface area contributed by atoms with E-state index in [9.17, 15) is 25.0 Å². The van der Waals surface area contributed by atoms with Crippen LogP contribution < -0.4 is 10.1 Å². The quantitative estimate of drug-likeness (QED) is 0.543. The van der Waals surface area contributed by atoms with Crippen molar-refractivity contribution >= 4 is 17.3 Å². The van der Waals surface area contributed by atoms with E-state index in [1.807, 2.05) is 37.2 Å². The zero-order valence-electron chi connectivity index (χ0n) is 15.6. The fraction of sp³-hybridized carbons (Fsp3) is 0.278. The smallest absolute Gasteiger partial charge is 0.277 e. The van der Waals surface area contributed by atoms with Gasteiger partial charge in [-0.3, -0.25) is 25.0 Å². The predicted octanol–water partition coefficient (Wildman–Crippen LogP) is 2.54. The summed E-state index contributed by atoms with van der Waals surface area (Å²) in [5.74, 6) is 0.00924. The van der Waals surface area contributed by atoms with Gasteiger partial charge in [0.1, 0.15) is 5.75 Å². The van der Waals surface area contributed by atoms with E-state index in [1.54, 1.807) is 13.2 Å². The largest absolute Gasteiger partial charge is 0.496 e. The average molecular weight is 388 g/mol. The number of amides is 1. The molecule has 0 aromatic heterocycles. The Labute approximate surface area is 161 Å². The van der Waals surface area contributed by atoms with E-state index in [-0.39, 0.29) is 18.2 Å². The monoisotopic (exact) mass is 388 g/mol. The molecule has 1 atom stereocenters. The Bertz CT molecular complexity index is 867. The maximum atomic E-state index is 12.5. The first kappa shape index (κ1) is 20.8. The number of methoxy groups -OCH3 is 1. The average Bonchev–Trinajstić information content (AvgIpc) is 2.67. The number of ether oxygens (including phenoxy) is 1. The van der Waals surface area contributed by atoms with Gasteiger partial charge in [0.15, 0.2) is 0 Å². The molecule has 0 spiro atoms. The van der Waals surface area contributed by atoms with Gasteiger partial charge < -0.3 is 15.0 Å². The number of rotatable bonds is 8. The third-order valence-corrected chi connectivity index (χ3v) is 4.16. The summed E-state index contributed by atoms with van der Waals surface area (Å²) in [6.45, 7) is 0.169. The third-order valence-electron chi connectivity index (χ3n) is 4.16. The Morgan fingerprint density at radius 1 is 1.11 bits per heavy atom. The van der Waals surface area contributed by atoms with E-state index in [2.05, 4.69) is 5.32 Å². The number of benzene rings is 2. The zero-order valence-corrected chi connectivity index (χ0v) is 15.6. The standard InChI is InChI=1S/C18H20N4O6/c1-20(2)16(15-6-4-5-7-17(15)28-3)11-19-18(23)12-8-13(21(24)25)10-14(9-12)22(26)27/h4-10,16H,11H2,1-3H3,(H,19,23). The lowest BCUT2D eigenvalue weighted by Gasteiger charge is -2.26. The fourth-order valence-electron chi connectivity index (χ4n) is 2.74. The maximum Gasteiger partial charge on any atom is 0.277 e. The van der Waals surface area contributed by atoms with Crippen molar-refractivity contribution in [3.8, 4) is 5.75 Å². The van der Waals surface area contributed by atoms with Crippen LogP contribution in [-0.4, -0.2) is 48.4 Å². The summed E-state index contributed by atoms with van der Waals surface area (Å²) in [5.41, 5.74) is -0.347. The number of hydrogen-bond acceptors (Lipinski definition) is 7. The number of non-ortho nitro benzene ring substituents is 2. The third kappa shape index (κ3) is 4.80. The normalized spacial score (nSPS) is 11.7. The molecule has 1 unspecified atom stereocenters. The number of nitrogens with one attached hydrogen (secondary N) is 1. The first-order valence-corrected chi connectivity index (χ1v) is 8.26. The van der Waals surface area contributed by atoms with Gasteiger partial charge in [0.25, 0.3) is 17.3 Å². The van der Waals surface area contributed by atoms with Crippen molar-refractivity contribution in [3.63, 3.8) is 0 Å². The molecule has 0 aliphatic heterocycles. The number of nitrogens with zero attached hydrogens (tertiary/aromatic N) is 3. The number of carbonyl (C=O) groups is 1. The lowest BCUT2D eigenvalue weighted by atomic mass is 10.0. The van der Waals surface area contributed by atoms with Gasteiger partial charge in [0.2, 0.25) is 0 Å². The summed E-state index contributed by atoms with van der Waals surface area (Å²) < 4.78 is 5.36. The molecular weight excluding hydrogens is 368 g/mol. The molecule has 0 saturated carbocycles. The van der Waals surface area contributed by atoms with Crippen LogP contribution >= 0.6 is 0 Å². The number of nitro groups is 2. The molecule has 0 aliphatic rings. The van der Waals surface area contributed by atoms with E-state index >= 15 is 0 Å². The summed E-state index contributed by atoms with van der Waals surface area (Å²) in [4.78, 5) is 34.8. The molecule has 148 valence electrons. The van der Waals surface area contributed by atoms with E-state index in [1.165, 1.54) is 0 Å². The second-order valence-corrected chi connectivity index (χ2v) is 6.18. The number of para-hydroxylation sites is 1. The van der Waals surface area contributed by atoms with Crippen molar-refractivity contribution in [2.45, 2.75) is 6.04 Å². The molecule has 0 fully saturated rings. The number of carbonyl (C=O) groups excluding carboxylic acids is 1. The molecule has 2 aromatic rings. The minimum atomic E-state index is -0.777. The molecule has 10 heteroatoms. The van der Waals surface area contributed by atoms with E-state index < -0.39 is 27.1 Å². The van der Waals surface area contributed by atoms with Crippen molar-refractivity contribution in [3.05, 3.63) is 73.8 Å². The Kier molecular flexibility index (Phi) is 6.61. The molecule has 0 saturated heterocycles. The first-order valence-electron chi connectivity index (χ1n) is 8.26. The number of hydrogen-bond donors (Lipinski definition) is 1. The minimum Gasteiger partial charge on any atom is -0.496 e. The summed E-state index contributed by atoms with van der Waals surface area (Å²) in [6.07, 6.45) is 0. The second kappa shape index (κ2) is 8.91. The maximum absolute atomic E-state index is 12.5. The van der Waals surface area contributed by atoms with Crippen LogP contribution in [0.3, 0.4) is 0 Å². The lowest BCUT2D eigenvalue weighted by molar-refractivity contribution is -0.394. The second-order valence-electron chi connectivity index (χ2n) is 6.18. The van der Waals surface area contributed by atoms with Crippen LogP contribution in [0, 0.1) is 20.2 Å². The van der Waals surface area contributed by atoms with Crippen LogP contribution in [-0.2, 0) is 0 Å². The number of nitro benzene ring substituents is 2. The van der Waals surface area contributed by atoms with Gasteiger partial charge in [0, 0.05) is 24.2 Å². The number of likely N-dealkylation sites (N-methyl/N-ethyl adjacent to an activating group) is 1. The zero-order chi connectivity index (χ0) is 20.8. The van der Waals surface area contributed by atoms with Gasteiger partial charge in [-0.05, 0) is 20.2 Å². The Balaban J connectivity index is 2.26.